The van der Waals surface area contributed by atoms with Gasteiger partial charge in [-0.2, -0.15) is 0 Å². The van der Waals surface area contributed by atoms with Crippen molar-refractivity contribution in [1.29, 1.82) is 0 Å². The summed E-state index contributed by atoms with van der Waals surface area (Å²) in [5.74, 6) is -3.10. The summed E-state index contributed by atoms with van der Waals surface area (Å²) in [5, 5.41) is 20.3. The van der Waals surface area contributed by atoms with E-state index >= 15 is 0 Å². The highest BCUT2D eigenvalue weighted by molar-refractivity contribution is 5.98. The minimum atomic E-state index is -1.56. The second-order valence-electron chi connectivity index (χ2n) is 1.84. The maximum Gasteiger partial charge on any atom is 0.0884 e. The molecule has 5 nitrogen and oxygen atoms in total. The van der Waals surface area contributed by atoms with E-state index in [1.165, 1.54) is 6.20 Å². The summed E-state index contributed by atoms with van der Waals surface area (Å²) in [7, 11) is 0. The van der Waals surface area contributed by atoms with Gasteiger partial charge in [-0.25, -0.2) is 0 Å². The van der Waals surface area contributed by atoms with Crippen LogP contribution in [-0.4, -0.2) is 16.9 Å². The third-order valence-electron chi connectivity index (χ3n) is 1.17. The van der Waals surface area contributed by atoms with Crippen molar-refractivity contribution in [3.05, 3.63) is 23.5 Å². The Morgan fingerprint density at radius 2 is 1.91 bits per heavy atom. The molecule has 0 radical (unpaired) electrons. The van der Waals surface area contributed by atoms with E-state index in [1.54, 1.807) is 0 Å². The molecule has 0 aliphatic rings. The van der Waals surface area contributed by atoms with Gasteiger partial charge >= 0.3 is 0 Å². The molecular weight excluding hydrogens is 150 g/mol. The molecule has 5 heteroatoms. The van der Waals surface area contributed by atoms with Gasteiger partial charge in [0.05, 0.1) is 17.6 Å². The molecule has 0 aliphatic heterocycles. The maximum absolute atomic E-state index is 10.2. The number of aromatic amines is 1. The van der Waals surface area contributed by atoms with Gasteiger partial charge in [0.15, 0.2) is 0 Å². The number of H-pyrrole nitrogens is 1. The van der Waals surface area contributed by atoms with E-state index < -0.39 is 23.2 Å². The molecule has 1 N–H and O–H groups in total. The van der Waals surface area contributed by atoms with E-state index in [0.717, 1.165) is 6.07 Å². The molecule has 0 aliphatic carbocycles. The highest BCUT2D eigenvalue weighted by atomic mass is 16.4. The van der Waals surface area contributed by atoms with Gasteiger partial charge in [-0.3, -0.25) is 0 Å². The number of carbonyl (C=O) groups is 2. The zero-order valence-corrected chi connectivity index (χ0v) is 5.29. The minimum absolute atomic E-state index is 0.398. The van der Waals surface area contributed by atoms with E-state index in [4.69, 9.17) is 0 Å². The van der Waals surface area contributed by atoms with Gasteiger partial charge in [0, 0.05) is 11.8 Å². The maximum atomic E-state index is 10.2. The quantitative estimate of drug-likeness (QED) is 0.518. The Bertz CT molecular complexity index is 273. The van der Waals surface area contributed by atoms with E-state index in [1.807, 2.05) is 0 Å². The Hall–Kier alpha value is -1.78. The smallest absolute Gasteiger partial charge is 0.0884 e. The topological polar surface area (TPSA) is 96.0 Å². The molecule has 1 rings (SSSR count). The molecule has 0 unspecified atom stereocenters. The van der Waals surface area contributed by atoms with Gasteiger partial charge in [-0.1, -0.05) is 0 Å². The fourth-order valence-electron chi connectivity index (χ4n) is 0.708. The van der Waals surface area contributed by atoms with Gasteiger partial charge in [-0.15, -0.1) is 0 Å². The molecule has 0 fully saturated rings. The Balaban J connectivity index is 3.16. The average Bonchev–Trinajstić information content (AvgIpc) is 2.32. The molecule has 0 amide bonds. The van der Waals surface area contributed by atoms with Gasteiger partial charge in [0.25, 0.3) is 0 Å². The van der Waals surface area contributed by atoms with Crippen LogP contribution in [-0.2, 0) is 0 Å². The van der Waals surface area contributed by atoms with Crippen molar-refractivity contribution in [3.8, 4) is 0 Å². The van der Waals surface area contributed by atoms with Crippen molar-refractivity contribution < 1.29 is 19.8 Å². The first-order valence-electron chi connectivity index (χ1n) is 2.73. The van der Waals surface area contributed by atoms with Crippen molar-refractivity contribution >= 4 is 11.9 Å². The Morgan fingerprint density at radius 3 is 2.27 bits per heavy atom. The lowest BCUT2D eigenvalue weighted by Crippen LogP contribution is -2.29. The molecule has 1 aromatic rings. The van der Waals surface area contributed by atoms with Gasteiger partial charge in [0.2, 0.25) is 0 Å². The zero-order valence-electron chi connectivity index (χ0n) is 5.29. The number of hydrogen-bond acceptors (Lipinski definition) is 4. The first-order valence-corrected chi connectivity index (χ1v) is 2.73. The van der Waals surface area contributed by atoms with Crippen LogP contribution in [0.4, 0.5) is 0 Å². The number of carboxylic acid groups (broad SMARTS) is 2. The molecule has 1 aromatic heterocycles. The van der Waals surface area contributed by atoms with Crippen LogP contribution in [0.1, 0.15) is 20.8 Å². The molecule has 11 heavy (non-hydrogen) atoms. The lowest BCUT2D eigenvalue weighted by molar-refractivity contribution is -0.260. The monoisotopic (exact) mass is 153 g/mol. The van der Waals surface area contributed by atoms with E-state index in [0.29, 0.717) is 0 Å². The molecule has 58 valence electrons. The third-order valence-corrected chi connectivity index (χ3v) is 1.17. The molecule has 0 aromatic carbocycles. The van der Waals surface area contributed by atoms with Crippen LogP contribution in [0, 0.1) is 0 Å². The molecule has 0 bridgehead atoms. The summed E-state index contributed by atoms with van der Waals surface area (Å²) in [6, 6.07) is 1.10. The number of carboxylic acids is 2. The normalized spacial score (nSPS) is 9.45. The molecule has 0 saturated carbocycles. The highest BCUT2D eigenvalue weighted by Crippen LogP contribution is 2.03. The Labute approximate surface area is 61.3 Å². The van der Waals surface area contributed by atoms with Crippen LogP contribution in [0.2, 0.25) is 0 Å². The summed E-state index contributed by atoms with van der Waals surface area (Å²) in [6.07, 6.45) is 1.19. The number of aromatic nitrogens is 1. The fraction of sp³-hybridized carbons (Fsp3) is 0. The largest absolute Gasteiger partial charge is 0.545 e. The summed E-state index contributed by atoms with van der Waals surface area (Å²) in [5.41, 5.74) is -0.866. The van der Waals surface area contributed by atoms with E-state index in [2.05, 4.69) is 4.98 Å². The van der Waals surface area contributed by atoms with Crippen LogP contribution >= 0.6 is 0 Å². The fourth-order valence-corrected chi connectivity index (χ4v) is 0.708. The average molecular weight is 153 g/mol. The molecule has 0 saturated heterocycles. The predicted octanol–water partition coefficient (Wildman–Crippen LogP) is -2.26. The second kappa shape index (κ2) is 2.45. The van der Waals surface area contributed by atoms with E-state index in [-0.39, 0.29) is 0 Å². The summed E-state index contributed by atoms with van der Waals surface area (Å²) >= 11 is 0. The van der Waals surface area contributed by atoms with Crippen molar-refractivity contribution in [3.63, 3.8) is 0 Å². The van der Waals surface area contributed by atoms with Crippen LogP contribution < -0.4 is 10.2 Å². The Kier molecular flexibility index (Phi) is 1.63. The second-order valence-corrected chi connectivity index (χ2v) is 1.84. The van der Waals surface area contributed by atoms with Gasteiger partial charge < -0.3 is 24.8 Å². The Morgan fingerprint density at radius 1 is 1.27 bits per heavy atom. The standard InChI is InChI=1S/C6H5NO4/c8-5(9)3-1-2-7-4(3)6(10)11/h1-2,7H,(H,8,9)(H,10,11)/p-2. The van der Waals surface area contributed by atoms with Crippen molar-refractivity contribution in [2.45, 2.75) is 0 Å². The number of aromatic carboxylic acids is 2. The van der Waals surface area contributed by atoms with Crippen LogP contribution in [0.15, 0.2) is 12.3 Å². The first-order chi connectivity index (χ1) is 5.13. The first kappa shape index (κ1) is 7.33. The lowest BCUT2D eigenvalue weighted by atomic mass is 10.2. The molecule has 0 spiro atoms. The molecule has 0 atom stereocenters. The van der Waals surface area contributed by atoms with Crippen LogP contribution in [0.25, 0.3) is 0 Å². The molecular formula is C6H3NO4-2. The summed E-state index contributed by atoms with van der Waals surface area (Å²) in [6.45, 7) is 0. The van der Waals surface area contributed by atoms with Crippen molar-refractivity contribution in [2.75, 3.05) is 0 Å². The lowest BCUT2D eigenvalue weighted by Gasteiger charge is -2.03. The van der Waals surface area contributed by atoms with Crippen molar-refractivity contribution in [1.82, 2.24) is 4.98 Å². The summed E-state index contributed by atoms with van der Waals surface area (Å²) in [4.78, 5) is 22.5. The summed E-state index contributed by atoms with van der Waals surface area (Å²) < 4.78 is 0. The predicted molar refractivity (Wildman–Crippen MR) is 29.5 cm³/mol. The zero-order chi connectivity index (χ0) is 8.43. The van der Waals surface area contributed by atoms with Crippen molar-refractivity contribution in [2.24, 2.45) is 0 Å². The molecule has 1 heterocycles. The minimum Gasteiger partial charge on any atom is -0.545 e. The van der Waals surface area contributed by atoms with Gasteiger partial charge in [-0.05, 0) is 6.07 Å². The highest BCUT2D eigenvalue weighted by Gasteiger charge is 2.03. The number of rotatable bonds is 2. The number of nitrogens with one attached hydrogen (secondary N) is 1. The number of hydrogen-bond donors (Lipinski definition) is 1. The van der Waals surface area contributed by atoms with E-state index in [9.17, 15) is 19.8 Å². The van der Waals surface area contributed by atoms with Gasteiger partial charge in [0.1, 0.15) is 0 Å². The SMILES string of the molecule is O=C([O-])c1cc[nH]c1C(=O)[O-]. The van der Waals surface area contributed by atoms with Crippen LogP contribution in [0.3, 0.4) is 0 Å². The third kappa shape index (κ3) is 1.21. The number of carbonyl (C=O) groups excluding carboxylic acids is 2. The van der Waals surface area contributed by atoms with Crippen LogP contribution in [0.5, 0.6) is 0 Å².